The molecule has 3 nitrogen and oxygen atoms in total. The maximum Gasteiger partial charge on any atom is 0.471 e. The molecule has 2 bridgehead atoms. The first-order valence-electron chi connectivity index (χ1n) is 6.15. The summed E-state index contributed by atoms with van der Waals surface area (Å²) in [6, 6.07) is -0.478. The molecule has 18 heavy (non-hydrogen) atoms. The average Bonchev–Trinajstić information content (AvgIpc) is 2.65. The number of nitrogens with zero attached hydrogens (tertiary/aromatic N) is 1. The first-order chi connectivity index (χ1) is 8.07. The lowest BCUT2D eigenvalue weighted by Gasteiger charge is -2.49. The molecular formula is C12H18F3NO2. The molecule has 0 saturated carbocycles. The van der Waals surface area contributed by atoms with Crippen LogP contribution in [0.25, 0.3) is 0 Å². The lowest BCUT2D eigenvalue weighted by molar-refractivity contribution is -0.213. The van der Waals surface area contributed by atoms with Gasteiger partial charge in [-0.05, 0) is 27.2 Å². The summed E-state index contributed by atoms with van der Waals surface area (Å²) in [5, 5.41) is 0. The van der Waals surface area contributed by atoms with E-state index in [4.69, 9.17) is 4.74 Å². The Labute approximate surface area is 104 Å². The second kappa shape index (κ2) is 3.62. The molecule has 2 aliphatic rings. The maximum absolute atomic E-state index is 12.7. The van der Waals surface area contributed by atoms with Crippen LogP contribution in [0.1, 0.15) is 40.5 Å². The molecule has 0 aromatic rings. The molecule has 0 N–H and O–H groups in total. The fraction of sp³-hybridized carbons (Fsp3) is 0.917. The van der Waals surface area contributed by atoms with Gasteiger partial charge in [-0.25, -0.2) is 0 Å². The van der Waals surface area contributed by atoms with Crippen LogP contribution in [0.15, 0.2) is 0 Å². The van der Waals surface area contributed by atoms with Gasteiger partial charge >= 0.3 is 12.1 Å². The van der Waals surface area contributed by atoms with E-state index in [1.54, 1.807) is 20.8 Å². The Hall–Kier alpha value is -0.780. The molecule has 1 amide bonds. The Morgan fingerprint density at radius 2 is 2.00 bits per heavy atom. The summed E-state index contributed by atoms with van der Waals surface area (Å²) >= 11 is 0. The normalized spacial score (nSPS) is 38.3. The molecule has 0 spiro atoms. The maximum atomic E-state index is 12.7. The summed E-state index contributed by atoms with van der Waals surface area (Å²) in [6.45, 7) is 6.93. The largest absolute Gasteiger partial charge is 0.471 e. The van der Waals surface area contributed by atoms with Gasteiger partial charge in [-0.15, -0.1) is 0 Å². The van der Waals surface area contributed by atoms with E-state index in [0.29, 0.717) is 12.8 Å². The number of ether oxygens (including phenoxy) is 1. The van der Waals surface area contributed by atoms with Crippen molar-refractivity contribution in [1.29, 1.82) is 0 Å². The predicted molar refractivity (Wildman–Crippen MR) is 59.0 cm³/mol. The highest BCUT2D eigenvalue weighted by Gasteiger charge is 2.68. The Morgan fingerprint density at radius 1 is 1.44 bits per heavy atom. The van der Waals surface area contributed by atoms with Crippen LogP contribution in [-0.4, -0.2) is 40.3 Å². The van der Waals surface area contributed by atoms with Crippen molar-refractivity contribution in [3.05, 3.63) is 0 Å². The van der Waals surface area contributed by atoms with E-state index < -0.39 is 29.3 Å². The zero-order valence-corrected chi connectivity index (χ0v) is 11.0. The first kappa shape index (κ1) is 13.6. The van der Waals surface area contributed by atoms with Crippen molar-refractivity contribution in [3.63, 3.8) is 0 Å². The van der Waals surface area contributed by atoms with Gasteiger partial charge in [0.1, 0.15) is 0 Å². The van der Waals surface area contributed by atoms with Gasteiger partial charge in [0, 0.05) is 6.42 Å². The highest BCUT2D eigenvalue weighted by atomic mass is 19.4. The molecule has 0 unspecified atom stereocenters. The molecule has 0 aliphatic carbocycles. The molecule has 2 fully saturated rings. The van der Waals surface area contributed by atoms with Crippen LogP contribution in [0.3, 0.4) is 0 Å². The van der Waals surface area contributed by atoms with Crippen LogP contribution < -0.4 is 0 Å². The minimum Gasteiger partial charge on any atom is -0.367 e. The molecule has 2 saturated heterocycles. The van der Waals surface area contributed by atoms with Gasteiger partial charge in [0.15, 0.2) is 0 Å². The van der Waals surface area contributed by atoms with Crippen LogP contribution in [-0.2, 0) is 9.53 Å². The topological polar surface area (TPSA) is 29.5 Å². The predicted octanol–water partition coefficient (Wildman–Crippen LogP) is 2.50. The van der Waals surface area contributed by atoms with Gasteiger partial charge in [0.2, 0.25) is 0 Å². The van der Waals surface area contributed by atoms with E-state index in [1.165, 1.54) is 0 Å². The van der Waals surface area contributed by atoms with Gasteiger partial charge in [-0.3, -0.25) is 4.79 Å². The fourth-order valence-electron chi connectivity index (χ4n) is 3.52. The molecule has 2 aliphatic heterocycles. The van der Waals surface area contributed by atoms with Crippen molar-refractivity contribution in [2.45, 2.75) is 70.0 Å². The highest BCUT2D eigenvalue weighted by molar-refractivity contribution is 5.83. The number of carbonyl (C=O) groups excluding carboxylic acids is 1. The number of alkyl halides is 3. The third-order valence-electron chi connectivity index (χ3n) is 4.57. The monoisotopic (exact) mass is 265 g/mol. The number of likely N-dealkylation sites (tertiary alicyclic amines) is 1. The standard InChI is InChI=1S/C12H18F3NO2/c1-5-11-6-8(7(2)18-11)16(10(11,3)4)9(17)12(13,14)15/h7-8H,5-6H2,1-4H3/t7-,8-,11+/m0/s1. The SMILES string of the molecule is CC[C@]12C[C@@H]([C@H](C)O1)N(C(=O)C(F)(F)F)C2(C)C. The van der Waals surface area contributed by atoms with Crippen molar-refractivity contribution in [2.24, 2.45) is 0 Å². The molecule has 104 valence electrons. The van der Waals surface area contributed by atoms with Crippen molar-refractivity contribution in [3.8, 4) is 0 Å². The van der Waals surface area contributed by atoms with Crippen molar-refractivity contribution in [2.75, 3.05) is 0 Å². The smallest absolute Gasteiger partial charge is 0.367 e. The number of halogens is 3. The number of hydrogen-bond acceptors (Lipinski definition) is 2. The van der Waals surface area contributed by atoms with Crippen molar-refractivity contribution in [1.82, 2.24) is 4.90 Å². The second-order valence-electron chi connectivity index (χ2n) is 5.67. The van der Waals surface area contributed by atoms with Gasteiger partial charge in [0.25, 0.3) is 0 Å². The quantitative estimate of drug-likeness (QED) is 0.729. The highest BCUT2D eigenvalue weighted by Crippen LogP contribution is 2.54. The Balaban J connectivity index is 2.41. The van der Waals surface area contributed by atoms with Crippen LogP contribution in [0.4, 0.5) is 13.2 Å². The number of carbonyl (C=O) groups is 1. The third kappa shape index (κ3) is 1.51. The summed E-state index contributed by atoms with van der Waals surface area (Å²) in [4.78, 5) is 12.6. The van der Waals surface area contributed by atoms with E-state index in [0.717, 1.165) is 4.90 Å². The molecule has 0 aromatic heterocycles. The molecule has 2 rings (SSSR count). The molecule has 2 heterocycles. The third-order valence-corrected chi connectivity index (χ3v) is 4.57. The molecule has 0 radical (unpaired) electrons. The zero-order chi connectivity index (χ0) is 13.9. The second-order valence-corrected chi connectivity index (χ2v) is 5.67. The Bertz CT molecular complexity index is 380. The van der Waals surface area contributed by atoms with Crippen LogP contribution in [0, 0.1) is 0 Å². The summed E-state index contributed by atoms with van der Waals surface area (Å²) < 4.78 is 43.9. The van der Waals surface area contributed by atoms with Crippen LogP contribution >= 0.6 is 0 Å². The van der Waals surface area contributed by atoms with E-state index in [2.05, 4.69) is 0 Å². The number of hydrogen-bond donors (Lipinski definition) is 0. The minimum atomic E-state index is -4.82. The lowest BCUT2D eigenvalue weighted by Crippen LogP contribution is -2.64. The average molecular weight is 265 g/mol. The molecule has 3 atom stereocenters. The van der Waals surface area contributed by atoms with Gasteiger partial charge in [-0.1, -0.05) is 6.92 Å². The van der Waals surface area contributed by atoms with E-state index in [9.17, 15) is 18.0 Å². The molecular weight excluding hydrogens is 247 g/mol. The van der Waals surface area contributed by atoms with E-state index >= 15 is 0 Å². The van der Waals surface area contributed by atoms with E-state index in [-0.39, 0.29) is 6.10 Å². The number of fused-ring (bicyclic) bond motifs is 2. The lowest BCUT2D eigenvalue weighted by atomic mass is 9.81. The molecule has 0 aromatic carbocycles. The van der Waals surface area contributed by atoms with Crippen LogP contribution in [0.5, 0.6) is 0 Å². The Kier molecular flexibility index (Phi) is 2.74. The summed E-state index contributed by atoms with van der Waals surface area (Å²) in [6.07, 6.45) is -4.08. The van der Waals surface area contributed by atoms with Crippen molar-refractivity contribution < 1.29 is 22.7 Å². The van der Waals surface area contributed by atoms with Gasteiger partial charge in [-0.2, -0.15) is 13.2 Å². The van der Waals surface area contributed by atoms with Gasteiger partial charge < -0.3 is 9.64 Å². The van der Waals surface area contributed by atoms with Crippen molar-refractivity contribution >= 4 is 5.91 Å². The Morgan fingerprint density at radius 3 is 2.39 bits per heavy atom. The summed E-state index contributed by atoms with van der Waals surface area (Å²) in [5.74, 6) is -1.75. The summed E-state index contributed by atoms with van der Waals surface area (Å²) in [7, 11) is 0. The van der Waals surface area contributed by atoms with Gasteiger partial charge in [0.05, 0.1) is 23.3 Å². The molecule has 6 heteroatoms. The van der Waals surface area contributed by atoms with Crippen LogP contribution in [0.2, 0.25) is 0 Å². The number of morpholine rings is 1. The van der Waals surface area contributed by atoms with E-state index in [1.807, 2.05) is 6.92 Å². The zero-order valence-electron chi connectivity index (χ0n) is 11.0. The first-order valence-corrected chi connectivity index (χ1v) is 6.15. The number of rotatable bonds is 1. The minimum absolute atomic E-state index is 0.343. The fourth-order valence-corrected chi connectivity index (χ4v) is 3.52. The summed E-state index contributed by atoms with van der Waals surface area (Å²) in [5.41, 5.74) is -1.58. The number of amides is 1.